The third-order valence-electron chi connectivity index (χ3n) is 3.52. The molecule has 2 heterocycles. The number of carbonyl (C=O) groups excluding carboxylic acids is 1. The van der Waals surface area contributed by atoms with E-state index < -0.39 is 0 Å². The number of ether oxygens (including phenoxy) is 1. The molecule has 1 atom stereocenters. The van der Waals surface area contributed by atoms with E-state index in [2.05, 4.69) is 28.9 Å². The van der Waals surface area contributed by atoms with Gasteiger partial charge < -0.3 is 9.26 Å². The van der Waals surface area contributed by atoms with Crippen LogP contribution in [0.4, 0.5) is 0 Å². The molecule has 20 heavy (non-hydrogen) atoms. The summed E-state index contributed by atoms with van der Waals surface area (Å²) in [6, 6.07) is -0.180. The molecular weight excluding hydrogens is 258 g/mol. The number of piperidine rings is 1. The first kappa shape index (κ1) is 15.0. The fraction of sp³-hybridized carbons (Fsp3) is 0.786. The smallest absolute Gasteiger partial charge is 0.323 e. The van der Waals surface area contributed by atoms with Crippen LogP contribution in [0.1, 0.15) is 44.8 Å². The Kier molecular flexibility index (Phi) is 5.11. The molecule has 0 aliphatic carbocycles. The zero-order valence-corrected chi connectivity index (χ0v) is 12.5. The van der Waals surface area contributed by atoms with Crippen molar-refractivity contribution in [1.82, 2.24) is 15.0 Å². The summed E-state index contributed by atoms with van der Waals surface area (Å²) in [4.78, 5) is 18.3. The van der Waals surface area contributed by atoms with Crippen LogP contribution in [0.5, 0.6) is 0 Å². The Morgan fingerprint density at radius 3 is 3.00 bits per heavy atom. The number of hydrogen-bond acceptors (Lipinski definition) is 6. The van der Waals surface area contributed by atoms with Crippen LogP contribution in [0.15, 0.2) is 4.52 Å². The maximum Gasteiger partial charge on any atom is 0.323 e. The predicted octanol–water partition coefficient (Wildman–Crippen LogP) is 1.80. The van der Waals surface area contributed by atoms with Crippen LogP contribution in [0, 0.1) is 5.92 Å². The topological polar surface area (TPSA) is 68.5 Å². The highest BCUT2D eigenvalue weighted by Crippen LogP contribution is 2.20. The van der Waals surface area contributed by atoms with Crippen molar-refractivity contribution in [2.45, 2.75) is 52.1 Å². The molecule has 1 saturated heterocycles. The molecule has 0 aromatic carbocycles. The molecule has 6 heteroatoms. The first-order chi connectivity index (χ1) is 9.60. The lowest BCUT2D eigenvalue weighted by Gasteiger charge is -2.32. The number of carbonyl (C=O) groups is 1. The normalized spacial score (nSPS) is 20.3. The maximum atomic E-state index is 11.8. The molecule has 0 saturated carbocycles. The summed E-state index contributed by atoms with van der Waals surface area (Å²) in [6.45, 7) is 5.64. The van der Waals surface area contributed by atoms with Crippen molar-refractivity contribution in [2.75, 3.05) is 13.7 Å². The van der Waals surface area contributed by atoms with E-state index in [0.29, 0.717) is 24.2 Å². The molecule has 1 fully saturated rings. The Morgan fingerprint density at radius 1 is 1.50 bits per heavy atom. The summed E-state index contributed by atoms with van der Waals surface area (Å²) in [5.41, 5.74) is 0. The first-order valence-electron chi connectivity index (χ1n) is 7.23. The lowest BCUT2D eigenvalue weighted by atomic mass is 10.0. The van der Waals surface area contributed by atoms with Crippen LogP contribution in [0.25, 0.3) is 0 Å². The van der Waals surface area contributed by atoms with E-state index in [0.717, 1.165) is 32.2 Å². The van der Waals surface area contributed by atoms with Gasteiger partial charge in [-0.25, -0.2) is 0 Å². The van der Waals surface area contributed by atoms with Gasteiger partial charge in [-0.3, -0.25) is 9.69 Å². The van der Waals surface area contributed by atoms with Gasteiger partial charge in [0.1, 0.15) is 6.04 Å². The van der Waals surface area contributed by atoms with Gasteiger partial charge in [0.15, 0.2) is 5.82 Å². The monoisotopic (exact) mass is 281 g/mol. The average Bonchev–Trinajstić information content (AvgIpc) is 2.85. The zero-order chi connectivity index (χ0) is 14.5. The first-order valence-corrected chi connectivity index (χ1v) is 7.23. The molecule has 1 aliphatic rings. The molecule has 2 rings (SSSR count). The van der Waals surface area contributed by atoms with Gasteiger partial charge in [-0.2, -0.15) is 4.98 Å². The molecule has 1 aromatic rings. The fourth-order valence-corrected chi connectivity index (χ4v) is 2.55. The van der Waals surface area contributed by atoms with Crippen molar-refractivity contribution in [3.8, 4) is 0 Å². The summed E-state index contributed by atoms with van der Waals surface area (Å²) in [6.07, 6.45) is 3.77. The Labute approximate surface area is 119 Å². The number of likely N-dealkylation sites (tertiary alicyclic amines) is 1. The fourth-order valence-electron chi connectivity index (χ4n) is 2.55. The minimum atomic E-state index is -0.180. The molecule has 0 amide bonds. The summed E-state index contributed by atoms with van der Waals surface area (Å²) < 4.78 is 10.1. The number of esters is 1. The predicted molar refractivity (Wildman–Crippen MR) is 72.9 cm³/mol. The molecule has 0 unspecified atom stereocenters. The Bertz CT molecular complexity index is 445. The van der Waals surface area contributed by atoms with E-state index in [-0.39, 0.29) is 12.0 Å². The summed E-state index contributed by atoms with van der Waals surface area (Å²) >= 11 is 0. The SMILES string of the molecule is COC(=O)[C@H]1CCCCN1Cc1noc(CC(C)C)n1. The Balaban J connectivity index is 1.99. The third kappa shape index (κ3) is 3.79. The number of hydrogen-bond donors (Lipinski definition) is 0. The minimum absolute atomic E-state index is 0.171. The molecular formula is C14H23N3O3. The standard InChI is InChI=1S/C14H23N3O3/c1-10(2)8-13-15-12(16-20-13)9-17-7-5-4-6-11(17)14(18)19-3/h10-11H,4-9H2,1-3H3/t11-/m1/s1. The molecule has 112 valence electrons. The van der Waals surface area contributed by atoms with Crippen LogP contribution in [0.3, 0.4) is 0 Å². The maximum absolute atomic E-state index is 11.8. The van der Waals surface area contributed by atoms with Crippen molar-refractivity contribution >= 4 is 5.97 Å². The van der Waals surface area contributed by atoms with Gasteiger partial charge in [0, 0.05) is 6.42 Å². The number of rotatable bonds is 5. The van der Waals surface area contributed by atoms with Gasteiger partial charge in [-0.05, 0) is 25.3 Å². The lowest BCUT2D eigenvalue weighted by molar-refractivity contribution is -0.148. The summed E-state index contributed by atoms with van der Waals surface area (Å²) in [5, 5.41) is 4.00. The zero-order valence-electron chi connectivity index (χ0n) is 12.5. The van der Waals surface area contributed by atoms with Crippen molar-refractivity contribution in [2.24, 2.45) is 5.92 Å². The lowest BCUT2D eigenvalue weighted by Crippen LogP contribution is -2.44. The molecule has 0 radical (unpaired) electrons. The van der Waals surface area contributed by atoms with Crippen LogP contribution in [-0.2, 0) is 22.5 Å². The highest BCUT2D eigenvalue weighted by atomic mass is 16.5. The molecule has 0 N–H and O–H groups in total. The van der Waals surface area contributed by atoms with E-state index in [1.54, 1.807) is 0 Å². The number of methoxy groups -OCH3 is 1. The second kappa shape index (κ2) is 6.83. The van der Waals surface area contributed by atoms with E-state index in [4.69, 9.17) is 9.26 Å². The molecule has 0 bridgehead atoms. The molecule has 1 aliphatic heterocycles. The van der Waals surface area contributed by atoms with Crippen LogP contribution >= 0.6 is 0 Å². The van der Waals surface area contributed by atoms with Gasteiger partial charge in [0.05, 0.1) is 13.7 Å². The van der Waals surface area contributed by atoms with Crippen molar-refractivity contribution in [3.63, 3.8) is 0 Å². The highest BCUT2D eigenvalue weighted by molar-refractivity contribution is 5.75. The van der Waals surface area contributed by atoms with E-state index in [1.807, 2.05) is 0 Å². The van der Waals surface area contributed by atoms with E-state index >= 15 is 0 Å². The minimum Gasteiger partial charge on any atom is -0.468 e. The third-order valence-corrected chi connectivity index (χ3v) is 3.52. The largest absolute Gasteiger partial charge is 0.468 e. The molecule has 0 spiro atoms. The van der Waals surface area contributed by atoms with E-state index in [9.17, 15) is 4.79 Å². The van der Waals surface area contributed by atoms with Gasteiger partial charge in [0.2, 0.25) is 5.89 Å². The van der Waals surface area contributed by atoms with Crippen molar-refractivity contribution in [3.05, 3.63) is 11.7 Å². The van der Waals surface area contributed by atoms with Crippen LogP contribution < -0.4 is 0 Å². The molecule has 6 nitrogen and oxygen atoms in total. The van der Waals surface area contributed by atoms with Gasteiger partial charge in [0.25, 0.3) is 0 Å². The number of nitrogens with zero attached hydrogens (tertiary/aromatic N) is 3. The summed E-state index contributed by atoms with van der Waals surface area (Å²) in [7, 11) is 1.43. The Morgan fingerprint density at radius 2 is 2.30 bits per heavy atom. The second-order valence-electron chi connectivity index (χ2n) is 5.71. The van der Waals surface area contributed by atoms with E-state index in [1.165, 1.54) is 7.11 Å². The quantitative estimate of drug-likeness (QED) is 0.767. The van der Waals surface area contributed by atoms with Crippen LogP contribution in [0.2, 0.25) is 0 Å². The average molecular weight is 281 g/mol. The Hall–Kier alpha value is -1.43. The van der Waals surface area contributed by atoms with Crippen molar-refractivity contribution < 1.29 is 14.1 Å². The van der Waals surface area contributed by atoms with Gasteiger partial charge in [-0.1, -0.05) is 25.4 Å². The van der Waals surface area contributed by atoms with Gasteiger partial charge in [-0.15, -0.1) is 0 Å². The van der Waals surface area contributed by atoms with Crippen molar-refractivity contribution in [1.29, 1.82) is 0 Å². The molecule has 1 aromatic heterocycles. The highest BCUT2D eigenvalue weighted by Gasteiger charge is 2.30. The summed E-state index contributed by atoms with van der Waals surface area (Å²) in [5.74, 6) is 1.63. The van der Waals surface area contributed by atoms with Crippen LogP contribution in [-0.4, -0.2) is 40.7 Å². The number of aromatic nitrogens is 2. The second-order valence-corrected chi connectivity index (χ2v) is 5.71. The van der Waals surface area contributed by atoms with Gasteiger partial charge >= 0.3 is 5.97 Å².